The Morgan fingerprint density at radius 1 is 1.41 bits per heavy atom. The van der Waals surface area contributed by atoms with Gasteiger partial charge in [0, 0.05) is 10.9 Å². The van der Waals surface area contributed by atoms with Crippen LogP contribution in [0.4, 0.5) is 0 Å². The van der Waals surface area contributed by atoms with Crippen LogP contribution in [0.5, 0.6) is 0 Å². The molecule has 1 aromatic carbocycles. The third-order valence-electron chi connectivity index (χ3n) is 2.54. The average molecular weight is 248 g/mol. The van der Waals surface area contributed by atoms with Gasteiger partial charge in [-0.3, -0.25) is 5.10 Å². The van der Waals surface area contributed by atoms with Crippen LogP contribution < -0.4 is 5.73 Å². The summed E-state index contributed by atoms with van der Waals surface area (Å²) in [5.41, 5.74) is 7.25. The Labute approximate surface area is 105 Å². The summed E-state index contributed by atoms with van der Waals surface area (Å²) in [4.78, 5) is 5.41. The van der Waals surface area contributed by atoms with E-state index in [1.54, 1.807) is 11.8 Å². The maximum atomic E-state index is 6.09. The fourth-order valence-electron chi connectivity index (χ4n) is 1.57. The monoisotopic (exact) mass is 248 g/mol. The molecule has 1 aromatic heterocycles. The molecule has 0 unspecified atom stereocenters. The molecule has 2 aromatic rings. The van der Waals surface area contributed by atoms with Gasteiger partial charge in [0.2, 0.25) is 5.16 Å². The van der Waals surface area contributed by atoms with Gasteiger partial charge in [0.1, 0.15) is 5.82 Å². The number of nitrogens with one attached hydrogen (secondary N) is 1. The Morgan fingerprint density at radius 3 is 2.82 bits per heavy atom. The van der Waals surface area contributed by atoms with Crippen molar-refractivity contribution in [3.63, 3.8) is 0 Å². The van der Waals surface area contributed by atoms with E-state index in [1.165, 1.54) is 0 Å². The van der Waals surface area contributed by atoms with Crippen LogP contribution in [0, 0.1) is 6.92 Å². The lowest BCUT2D eigenvalue weighted by Crippen LogP contribution is -2.09. The molecule has 4 nitrogen and oxygen atoms in total. The number of aromatic nitrogens is 3. The molecular weight excluding hydrogens is 232 g/mol. The van der Waals surface area contributed by atoms with Crippen molar-refractivity contribution in [3.8, 4) is 0 Å². The molecule has 0 spiro atoms. The molecule has 5 heteroatoms. The molecule has 0 radical (unpaired) electrons. The van der Waals surface area contributed by atoms with E-state index >= 15 is 0 Å². The van der Waals surface area contributed by atoms with Gasteiger partial charge in [-0.25, -0.2) is 4.98 Å². The van der Waals surface area contributed by atoms with Crippen molar-refractivity contribution in [2.45, 2.75) is 36.4 Å². The minimum Gasteiger partial charge on any atom is -0.324 e. The van der Waals surface area contributed by atoms with Gasteiger partial charge < -0.3 is 5.73 Å². The Morgan fingerprint density at radius 2 is 2.18 bits per heavy atom. The van der Waals surface area contributed by atoms with Crippen molar-refractivity contribution < 1.29 is 0 Å². The molecule has 3 N–H and O–H groups in total. The van der Waals surface area contributed by atoms with Crippen LogP contribution in [0.1, 0.15) is 30.8 Å². The van der Waals surface area contributed by atoms with Crippen molar-refractivity contribution in [2.24, 2.45) is 5.73 Å². The Bertz CT molecular complexity index is 495. The summed E-state index contributed by atoms with van der Waals surface area (Å²) in [7, 11) is 0. The Hall–Kier alpha value is -1.33. The second kappa shape index (κ2) is 5.33. The van der Waals surface area contributed by atoms with E-state index in [2.05, 4.69) is 34.2 Å². The van der Waals surface area contributed by atoms with Gasteiger partial charge in [-0.1, -0.05) is 25.1 Å². The third kappa shape index (κ3) is 2.87. The highest BCUT2D eigenvalue weighted by atomic mass is 32.2. The molecule has 0 saturated heterocycles. The fourth-order valence-corrected chi connectivity index (χ4v) is 2.52. The van der Waals surface area contributed by atoms with Crippen molar-refractivity contribution >= 4 is 11.8 Å². The van der Waals surface area contributed by atoms with Gasteiger partial charge in [-0.2, -0.15) is 0 Å². The third-order valence-corrected chi connectivity index (χ3v) is 3.49. The summed E-state index contributed by atoms with van der Waals surface area (Å²) in [5, 5.41) is 7.70. The predicted molar refractivity (Wildman–Crippen MR) is 68.9 cm³/mol. The van der Waals surface area contributed by atoms with Gasteiger partial charge in [0.15, 0.2) is 0 Å². The molecule has 0 aliphatic carbocycles. The Balaban J connectivity index is 2.26. The minimum absolute atomic E-state index is 0.0683. The van der Waals surface area contributed by atoms with Crippen molar-refractivity contribution in [1.29, 1.82) is 0 Å². The smallest absolute Gasteiger partial charge is 0.213 e. The number of nitrogens with two attached hydrogens (primary N) is 1. The molecule has 0 bridgehead atoms. The highest BCUT2D eigenvalue weighted by Crippen LogP contribution is 2.31. The first kappa shape index (κ1) is 12.1. The molecular formula is C12H16N4S. The molecule has 2 rings (SSSR count). The number of aromatic amines is 1. The van der Waals surface area contributed by atoms with Crippen LogP contribution in [0.25, 0.3) is 0 Å². The van der Waals surface area contributed by atoms with E-state index in [0.29, 0.717) is 0 Å². The summed E-state index contributed by atoms with van der Waals surface area (Å²) in [6.07, 6.45) is 0.921. The summed E-state index contributed by atoms with van der Waals surface area (Å²) in [6.45, 7) is 3.98. The second-order valence-corrected chi connectivity index (χ2v) is 4.87. The first-order chi connectivity index (χ1) is 8.20. The van der Waals surface area contributed by atoms with Crippen molar-refractivity contribution in [3.05, 3.63) is 35.7 Å². The first-order valence-electron chi connectivity index (χ1n) is 5.62. The largest absolute Gasteiger partial charge is 0.324 e. The molecule has 17 heavy (non-hydrogen) atoms. The SMILES string of the molecule is CC[C@H](N)c1ccccc1Sc1n[nH]c(C)n1. The molecule has 0 saturated carbocycles. The van der Waals surface area contributed by atoms with Crippen LogP contribution in [0.2, 0.25) is 0 Å². The zero-order chi connectivity index (χ0) is 12.3. The van der Waals surface area contributed by atoms with E-state index in [0.717, 1.165) is 27.9 Å². The minimum atomic E-state index is 0.0683. The molecule has 0 fully saturated rings. The van der Waals surface area contributed by atoms with E-state index in [-0.39, 0.29) is 6.04 Å². The first-order valence-corrected chi connectivity index (χ1v) is 6.43. The van der Waals surface area contributed by atoms with E-state index in [4.69, 9.17) is 5.73 Å². The lowest BCUT2D eigenvalue weighted by molar-refractivity contribution is 0.685. The number of benzene rings is 1. The summed E-state index contributed by atoms with van der Waals surface area (Å²) in [6, 6.07) is 8.21. The van der Waals surface area contributed by atoms with Gasteiger partial charge in [-0.15, -0.1) is 5.10 Å². The summed E-state index contributed by atoms with van der Waals surface area (Å²) >= 11 is 1.55. The van der Waals surface area contributed by atoms with Gasteiger partial charge in [0.25, 0.3) is 0 Å². The van der Waals surface area contributed by atoms with E-state index in [1.807, 2.05) is 19.1 Å². The van der Waals surface area contributed by atoms with E-state index in [9.17, 15) is 0 Å². The van der Waals surface area contributed by atoms with Gasteiger partial charge >= 0.3 is 0 Å². The molecule has 0 aliphatic heterocycles. The van der Waals surface area contributed by atoms with Crippen LogP contribution in [-0.4, -0.2) is 15.2 Å². The van der Waals surface area contributed by atoms with Crippen molar-refractivity contribution in [1.82, 2.24) is 15.2 Å². The zero-order valence-corrected chi connectivity index (χ0v) is 10.8. The number of rotatable bonds is 4. The predicted octanol–water partition coefficient (Wildman–Crippen LogP) is 2.67. The normalized spacial score (nSPS) is 12.6. The molecule has 1 heterocycles. The number of nitrogens with zero attached hydrogens (tertiary/aromatic N) is 2. The number of hydrogen-bond donors (Lipinski definition) is 2. The standard InChI is InChI=1S/C12H16N4S/c1-3-10(13)9-6-4-5-7-11(9)17-12-14-8(2)15-16-12/h4-7,10H,3,13H2,1-2H3,(H,14,15,16)/t10-/m0/s1. The lowest BCUT2D eigenvalue weighted by atomic mass is 10.1. The topological polar surface area (TPSA) is 67.6 Å². The maximum Gasteiger partial charge on any atom is 0.213 e. The van der Waals surface area contributed by atoms with Crippen LogP contribution >= 0.6 is 11.8 Å². The maximum absolute atomic E-state index is 6.09. The average Bonchev–Trinajstić information content (AvgIpc) is 2.74. The molecule has 1 atom stereocenters. The molecule has 0 amide bonds. The molecule has 90 valence electrons. The number of aryl methyl sites for hydroxylation is 1. The van der Waals surface area contributed by atoms with Crippen LogP contribution in [0.15, 0.2) is 34.3 Å². The second-order valence-electron chi connectivity index (χ2n) is 3.86. The summed E-state index contributed by atoms with van der Waals surface area (Å²) < 4.78 is 0. The molecule has 0 aliphatic rings. The fraction of sp³-hybridized carbons (Fsp3) is 0.333. The van der Waals surface area contributed by atoms with Gasteiger partial charge in [0.05, 0.1) is 0 Å². The summed E-state index contributed by atoms with van der Waals surface area (Å²) in [5.74, 6) is 0.824. The quantitative estimate of drug-likeness (QED) is 0.873. The zero-order valence-electron chi connectivity index (χ0n) is 9.97. The van der Waals surface area contributed by atoms with Crippen LogP contribution in [0.3, 0.4) is 0 Å². The lowest BCUT2D eigenvalue weighted by Gasteiger charge is -2.13. The number of hydrogen-bond acceptors (Lipinski definition) is 4. The highest BCUT2D eigenvalue weighted by Gasteiger charge is 2.11. The van der Waals surface area contributed by atoms with Gasteiger partial charge in [-0.05, 0) is 36.7 Å². The van der Waals surface area contributed by atoms with E-state index < -0.39 is 0 Å². The Kier molecular flexibility index (Phi) is 3.81. The highest BCUT2D eigenvalue weighted by molar-refractivity contribution is 7.99. The van der Waals surface area contributed by atoms with Crippen molar-refractivity contribution in [2.75, 3.05) is 0 Å². The van der Waals surface area contributed by atoms with Crippen LogP contribution in [-0.2, 0) is 0 Å². The number of H-pyrrole nitrogens is 1.